The van der Waals surface area contributed by atoms with Crippen molar-refractivity contribution in [2.45, 2.75) is 45.6 Å². The van der Waals surface area contributed by atoms with Crippen LogP contribution in [0.15, 0.2) is 18.2 Å². The highest BCUT2D eigenvalue weighted by Crippen LogP contribution is 2.27. The first-order chi connectivity index (χ1) is 9.29. The summed E-state index contributed by atoms with van der Waals surface area (Å²) in [7, 11) is 0. The summed E-state index contributed by atoms with van der Waals surface area (Å²) >= 11 is 0. The second kappa shape index (κ2) is 7.49. The van der Waals surface area contributed by atoms with Crippen molar-refractivity contribution < 1.29 is 9.13 Å². The van der Waals surface area contributed by atoms with Crippen LogP contribution in [0.1, 0.15) is 44.6 Å². The van der Waals surface area contributed by atoms with Gasteiger partial charge in [-0.25, -0.2) is 4.39 Å². The van der Waals surface area contributed by atoms with Gasteiger partial charge in [0, 0.05) is 12.1 Å². The molecule has 1 aromatic carbocycles. The van der Waals surface area contributed by atoms with E-state index in [9.17, 15) is 4.39 Å². The van der Waals surface area contributed by atoms with Gasteiger partial charge in [-0.05, 0) is 49.9 Å². The summed E-state index contributed by atoms with van der Waals surface area (Å²) in [6.45, 7) is 4.51. The summed E-state index contributed by atoms with van der Waals surface area (Å²) < 4.78 is 19.2. The van der Waals surface area contributed by atoms with Crippen LogP contribution < -0.4 is 10.1 Å². The highest BCUT2D eigenvalue weighted by molar-refractivity contribution is 5.34. The average molecular weight is 265 g/mol. The lowest BCUT2D eigenvalue weighted by Gasteiger charge is -2.15. The monoisotopic (exact) mass is 265 g/mol. The van der Waals surface area contributed by atoms with Crippen LogP contribution in [0, 0.1) is 11.7 Å². The van der Waals surface area contributed by atoms with Crippen LogP contribution in [0.5, 0.6) is 5.75 Å². The maximum absolute atomic E-state index is 13.3. The summed E-state index contributed by atoms with van der Waals surface area (Å²) in [5.41, 5.74) is 0.923. The third kappa shape index (κ3) is 4.50. The van der Waals surface area contributed by atoms with Gasteiger partial charge in [0.2, 0.25) is 0 Å². The van der Waals surface area contributed by atoms with Gasteiger partial charge < -0.3 is 10.1 Å². The predicted molar refractivity (Wildman–Crippen MR) is 75.9 cm³/mol. The average Bonchev–Trinajstić information content (AvgIpc) is 2.91. The Morgan fingerprint density at radius 3 is 2.84 bits per heavy atom. The molecule has 1 saturated carbocycles. The van der Waals surface area contributed by atoms with Gasteiger partial charge in [-0.1, -0.05) is 19.8 Å². The molecule has 0 aromatic heterocycles. The number of rotatable bonds is 7. The minimum Gasteiger partial charge on any atom is -0.493 e. The Kier molecular flexibility index (Phi) is 5.64. The Bertz CT molecular complexity index is 388. The van der Waals surface area contributed by atoms with Crippen LogP contribution in [0.25, 0.3) is 0 Å². The highest BCUT2D eigenvalue weighted by atomic mass is 19.1. The molecule has 0 aliphatic heterocycles. The minimum absolute atomic E-state index is 0.193. The number of hydrogen-bond acceptors (Lipinski definition) is 2. The fourth-order valence-electron chi connectivity index (χ4n) is 2.61. The van der Waals surface area contributed by atoms with Crippen LogP contribution in [0.4, 0.5) is 4.39 Å². The Hall–Kier alpha value is -1.09. The van der Waals surface area contributed by atoms with E-state index in [2.05, 4.69) is 12.2 Å². The van der Waals surface area contributed by atoms with E-state index in [-0.39, 0.29) is 5.82 Å². The first-order valence-electron chi connectivity index (χ1n) is 7.41. The summed E-state index contributed by atoms with van der Waals surface area (Å²) in [5.74, 6) is 1.32. The molecule has 0 amide bonds. The summed E-state index contributed by atoms with van der Waals surface area (Å²) in [6, 6.07) is 4.81. The third-order valence-corrected chi connectivity index (χ3v) is 3.71. The van der Waals surface area contributed by atoms with E-state index in [1.807, 2.05) is 0 Å². The summed E-state index contributed by atoms with van der Waals surface area (Å²) in [6.07, 6.45) is 6.26. The molecule has 1 aliphatic rings. The first kappa shape index (κ1) is 14.3. The van der Waals surface area contributed by atoms with Crippen molar-refractivity contribution in [1.29, 1.82) is 0 Å². The number of halogens is 1. The molecule has 2 nitrogen and oxygen atoms in total. The Morgan fingerprint density at radius 1 is 1.32 bits per heavy atom. The first-order valence-corrected chi connectivity index (χ1v) is 7.41. The molecule has 106 valence electrons. The molecule has 19 heavy (non-hydrogen) atoms. The minimum atomic E-state index is -0.193. The van der Waals surface area contributed by atoms with Gasteiger partial charge >= 0.3 is 0 Å². The van der Waals surface area contributed by atoms with E-state index in [0.717, 1.165) is 30.9 Å². The molecule has 1 fully saturated rings. The Morgan fingerprint density at radius 2 is 2.11 bits per heavy atom. The molecule has 0 spiro atoms. The van der Waals surface area contributed by atoms with Crippen LogP contribution in [-0.2, 0) is 6.54 Å². The second-order valence-corrected chi connectivity index (χ2v) is 5.39. The zero-order valence-corrected chi connectivity index (χ0v) is 11.8. The van der Waals surface area contributed by atoms with Crippen LogP contribution in [0.3, 0.4) is 0 Å². The van der Waals surface area contributed by atoms with Crippen molar-refractivity contribution in [2.75, 3.05) is 13.2 Å². The van der Waals surface area contributed by atoms with Gasteiger partial charge in [0.25, 0.3) is 0 Å². The van der Waals surface area contributed by atoms with Gasteiger partial charge in [0.1, 0.15) is 11.6 Å². The molecular weight excluding hydrogens is 241 g/mol. The van der Waals surface area contributed by atoms with E-state index >= 15 is 0 Å². The van der Waals surface area contributed by atoms with E-state index in [1.165, 1.54) is 31.7 Å². The summed E-state index contributed by atoms with van der Waals surface area (Å²) in [4.78, 5) is 0. The lowest BCUT2D eigenvalue weighted by molar-refractivity contribution is 0.249. The lowest BCUT2D eigenvalue weighted by Crippen LogP contribution is -2.16. The van der Waals surface area contributed by atoms with Gasteiger partial charge in [-0.3, -0.25) is 0 Å². The molecular formula is C16H24FNO. The summed E-state index contributed by atoms with van der Waals surface area (Å²) in [5, 5.41) is 3.30. The van der Waals surface area contributed by atoms with E-state index in [4.69, 9.17) is 4.74 Å². The molecule has 0 radical (unpaired) electrons. The van der Waals surface area contributed by atoms with E-state index in [1.54, 1.807) is 12.1 Å². The molecule has 3 heteroatoms. The Balaban J connectivity index is 1.92. The SMILES string of the molecule is CCCNCc1cc(F)ccc1OCC1CCCC1. The third-order valence-electron chi connectivity index (χ3n) is 3.71. The van der Waals surface area contributed by atoms with Gasteiger partial charge in [-0.2, -0.15) is 0 Å². The van der Waals surface area contributed by atoms with Crippen LogP contribution >= 0.6 is 0 Å². The smallest absolute Gasteiger partial charge is 0.123 e. The van der Waals surface area contributed by atoms with Crippen molar-refractivity contribution in [3.63, 3.8) is 0 Å². The van der Waals surface area contributed by atoms with Crippen molar-refractivity contribution in [3.05, 3.63) is 29.6 Å². The van der Waals surface area contributed by atoms with Gasteiger partial charge in [0.05, 0.1) is 6.61 Å². The lowest BCUT2D eigenvalue weighted by atomic mass is 10.1. The molecule has 0 heterocycles. The number of nitrogens with one attached hydrogen (secondary N) is 1. The zero-order valence-electron chi connectivity index (χ0n) is 11.8. The fraction of sp³-hybridized carbons (Fsp3) is 0.625. The zero-order chi connectivity index (χ0) is 13.5. The topological polar surface area (TPSA) is 21.3 Å². The molecule has 1 aliphatic carbocycles. The number of benzene rings is 1. The van der Waals surface area contributed by atoms with Crippen molar-refractivity contribution >= 4 is 0 Å². The molecule has 1 aromatic rings. The van der Waals surface area contributed by atoms with Gasteiger partial charge in [-0.15, -0.1) is 0 Å². The molecule has 0 bridgehead atoms. The second-order valence-electron chi connectivity index (χ2n) is 5.39. The van der Waals surface area contributed by atoms with Crippen molar-refractivity contribution in [3.8, 4) is 5.75 Å². The number of hydrogen-bond donors (Lipinski definition) is 1. The van der Waals surface area contributed by atoms with E-state index in [0.29, 0.717) is 12.5 Å². The van der Waals surface area contributed by atoms with Crippen LogP contribution in [-0.4, -0.2) is 13.2 Å². The van der Waals surface area contributed by atoms with Gasteiger partial charge in [0.15, 0.2) is 0 Å². The predicted octanol–water partition coefficient (Wildman–Crippen LogP) is 3.89. The Labute approximate surface area is 115 Å². The quantitative estimate of drug-likeness (QED) is 0.755. The molecule has 0 atom stereocenters. The largest absolute Gasteiger partial charge is 0.493 e. The fourth-order valence-corrected chi connectivity index (χ4v) is 2.61. The highest BCUT2D eigenvalue weighted by Gasteiger charge is 2.16. The normalized spacial score (nSPS) is 15.9. The molecule has 0 saturated heterocycles. The van der Waals surface area contributed by atoms with Crippen LogP contribution in [0.2, 0.25) is 0 Å². The number of ether oxygens (including phenoxy) is 1. The molecule has 2 rings (SSSR count). The van der Waals surface area contributed by atoms with Crippen molar-refractivity contribution in [1.82, 2.24) is 5.32 Å². The van der Waals surface area contributed by atoms with Crippen molar-refractivity contribution in [2.24, 2.45) is 5.92 Å². The maximum atomic E-state index is 13.3. The van der Waals surface area contributed by atoms with E-state index < -0.39 is 0 Å². The standard InChI is InChI=1S/C16H24FNO/c1-2-9-18-11-14-10-15(17)7-8-16(14)19-12-13-5-3-4-6-13/h7-8,10,13,18H,2-6,9,11-12H2,1H3. The maximum Gasteiger partial charge on any atom is 0.123 e. The molecule has 0 unspecified atom stereocenters. The molecule has 1 N–H and O–H groups in total.